The first-order valence-electron chi connectivity index (χ1n) is 11.4. The van der Waals surface area contributed by atoms with Crippen LogP contribution < -0.4 is 4.90 Å². The third-order valence-electron chi connectivity index (χ3n) is 6.33. The fraction of sp³-hybridized carbons (Fsp3) is 0.810. The highest BCUT2D eigenvalue weighted by molar-refractivity contribution is 7.99. The standard InChI is InChI=1S/C21H33N5O3S/c1-3-29-19(28)17-6-4-5-11-25(17)18(27)14-30-21-23-22-20(26(21)16-7-8-16)24-12-9-15(2)10-13-24/h15-17H,3-14H2,1-2H3/t17-/m1/s1. The number of aromatic nitrogens is 3. The Kier molecular flexibility index (Phi) is 6.85. The number of hydrogen-bond acceptors (Lipinski definition) is 7. The van der Waals surface area contributed by atoms with Crippen LogP contribution in [0.2, 0.25) is 0 Å². The van der Waals surface area contributed by atoms with E-state index >= 15 is 0 Å². The zero-order valence-electron chi connectivity index (χ0n) is 18.1. The van der Waals surface area contributed by atoms with Crippen molar-refractivity contribution in [3.8, 4) is 0 Å². The third kappa shape index (κ3) is 4.76. The van der Waals surface area contributed by atoms with Crippen LogP contribution in [-0.2, 0) is 14.3 Å². The van der Waals surface area contributed by atoms with Crippen LogP contribution in [0.15, 0.2) is 5.16 Å². The molecule has 3 heterocycles. The summed E-state index contributed by atoms with van der Waals surface area (Å²) in [6.45, 7) is 7.10. The van der Waals surface area contributed by atoms with Crippen LogP contribution in [0, 0.1) is 5.92 Å². The molecule has 0 unspecified atom stereocenters. The van der Waals surface area contributed by atoms with Gasteiger partial charge in [-0.15, -0.1) is 10.2 Å². The van der Waals surface area contributed by atoms with Crippen molar-refractivity contribution in [3.05, 3.63) is 0 Å². The SMILES string of the molecule is CCOC(=O)[C@H]1CCCCN1C(=O)CSc1nnc(N2CCC(C)CC2)n1C1CC1. The Morgan fingerprint density at radius 2 is 1.83 bits per heavy atom. The summed E-state index contributed by atoms with van der Waals surface area (Å²) < 4.78 is 7.43. The molecular weight excluding hydrogens is 402 g/mol. The molecule has 0 N–H and O–H groups in total. The third-order valence-corrected chi connectivity index (χ3v) is 7.26. The second-order valence-electron chi connectivity index (χ2n) is 8.69. The van der Waals surface area contributed by atoms with Crippen molar-refractivity contribution in [2.75, 3.05) is 36.9 Å². The number of thioether (sulfide) groups is 1. The molecule has 1 aliphatic carbocycles. The van der Waals surface area contributed by atoms with Crippen LogP contribution in [-0.4, -0.2) is 69.6 Å². The maximum absolute atomic E-state index is 13.0. The maximum atomic E-state index is 13.0. The topological polar surface area (TPSA) is 80.6 Å². The van der Waals surface area contributed by atoms with Gasteiger partial charge in [0.25, 0.3) is 0 Å². The normalized spacial score (nSPS) is 22.9. The molecule has 30 heavy (non-hydrogen) atoms. The van der Waals surface area contributed by atoms with E-state index < -0.39 is 6.04 Å². The zero-order valence-corrected chi connectivity index (χ0v) is 18.9. The van der Waals surface area contributed by atoms with Crippen LogP contribution in [0.3, 0.4) is 0 Å². The molecule has 9 heteroatoms. The van der Waals surface area contributed by atoms with Gasteiger partial charge in [0.2, 0.25) is 11.9 Å². The molecule has 1 amide bonds. The molecule has 3 fully saturated rings. The van der Waals surface area contributed by atoms with Crippen molar-refractivity contribution in [3.63, 3.8) is 0 Å². The zero-order chi connectivity index (χ0) is 21.1. The van der Waals surface area contributed by atoms with Gasteiger partial charge in [-0.2, -0.15) is 0 Å². The molecule has 1 atom stereocenters. The van der Waals surface area contributed by atoms with Crippen molar-refractivity contribution in [2.45, 2.75) is 76.0 Å². The summed E-state index contributed by atoms with van der Waals surface area (Å²) in [6.07, 6.45) is 7.23. The van der Waals surface area contributed by atoms with E-state index in [9.17, 15) is 9.59 Å². The summed E-state index contributed by atoms with van der Waals surface area (Å²) in [5, 5.41) is 9.77. The highest BCUT2D eigenvalue weighted by Crippen LogP contribution is 2.41. The minimum atomic E-state index is -0.445. The van der Waals surface area contributed by atoms with E-state index in [4.69, 9.17) is 4.74 Å². The number of likely N-dealkylation sites (tertiary alicyclic amines) is 1. The van der Waals surface area contributed by atoms with Gasteiger partial charge in [-0.1, -0.05) is 18.7 Å². The van der Waals surface area contributed by atoms with Gasteiger partial charge in [0.15, 0.2) is 5.16 Å². The molecule has 0 spiro atoms. The summed E-state index contributed by atoms with van der Waals surface area (Å²) in [6, 6.07) is 0.00761. The number of hydrogen-bond donors (Lipinski definition) is 0. The monoisotopic (exact) mass is 435 g/mol. The summed E-state index contributed by atoms with van der Waals surface area (Å²) in [7, 11) is 0. The Morgan fingerprint density at radius 1 is 1.07 bits per heavy atom. The van der Waals surface area contributed by atoms with E-state index in [1.54, 1.807) is 11.8 Å². The lowest BCUT2D eigenvalue weighted by Gasteiger charge is -2.34. The second-order valence-corrected chi connectivity index (χ2v) is 9.64. The number of rotatable bonds is 7. The van der Waals surface area contributed by atoms with Gasteiger partial charge in [-0.25, -0.2) is 4.79 Å². The molecular formula is C21H33N5O3S. The van der Waals surface area contributed by atoms with Gasteiger partial charge in [0.05, 0.1) is 12.4 Å². The molecule has 2 saturated heterocycles. The second kappa shape index (κ2) is 9.58. The molecule has 1 saturated carbocycles. The average molecular weight is 436 g/mol. The minimum Gasteiger partial charge on any atom is -0.464 e. The van der Waals surface area contributed by atoms with E-state index in [2.05, 4.69) is 26.6 Å². The summed E-state index contributed by atoms with van der Waals surface area (Å²) in [4.78, 5) is 29.3. The fourth-order valence-electron chi connectivity index (χ4n) is 4.37. The number of ether oxygens (including phenoxy) is 1. The van der Waals surface area contributed by atoms with Gasteiger partial charge in [0, 0.05) is 25.7 Å². The first-order valence-corrected chi connectivity index (χ1v) is 12.4. The minimum absolute atomic E-state index is 0.0172. The van der Waals surface area contributed by atoms with E-state index in [0.29, 0.717) is 25.6 Å². The first kappa shape index (κ1) is 21.5. The number of carbonyl (C=O) groups excluding carboxylic acids is 2. The maximum Gasteiger partial charge on any atom is 0.328 e. The van der Waals surface area contributed by atoms with E-state index in [1.165, 1.54) is 24.6 Å². The van der Waals surface area contributed by atoms with Gasteiger partial charge in [-0.05, 0) is 57.8 Å². The highest BCUT2D eigenvalue weighted by Gasteiger charge is 2.35. The van der Waals surface area contributed by atoms with Crippen molar-refractivity contribution in [2.24, 2.45) is 5.92 Å². The lowest BCUT2D eigenvalue weighted by molar-refractivity contribution is -0.155. The molecule has 2 aliphatic heterocycles. The number of nitrogens with zero attached hydrogens (tertiary/aromatic N) is 5. The Bertz CT molecular complexity index is 758. The van der Waals surface area contributed by atoms with Crippen LogP contribution >= 0.6 is 11.8 Å². The Morgan fingerprint density at radius 3 is 2.53 bits per heavy atom. The molecule has 1 aromatic heterocycles. The largest absolute Gasteiger partial charge is 0.464 e. The Labute approximate surface area is 182 Å². The quantitative estimate of drug-likeness (QED) is 0.481. The van der Waals surface area contributed by atoms with Crippen molar-refractivity contribution in [1.82, 2.24) is 19.7 Å². The summed E-state index contributed by atoms with van der Waals surface area (Å²) in [5.74, 6) is 1.70. The Hall–Kier alpha value is -1.77. The average Bonchev–Trinajstić information content (AvgIpc) is 3.52. The van der Waals surface area contributed by atoms with Crippen molar-refractivity contribution < 1.29 is 14.3 Å². The van der Waals surface area contributed by atoms with Crippen LogP contribution in [0.25, 0.3) is 0 Å². The number of esters is 1. The predicted octanol–water partition coefficient (Wildman–Crippen LogP) is 2.89. The number of piperidine rings is 2. The van der Waals surface area contributed by atoms with Crippen molar-refractivity contribution in [1.29, 1.82) is 0 Å². The van der Waals surface area contributed by atoms with Gasteiger partial charge in [0.1, 0.15) is 6.04 Å². The predicted molar refractivity (Wildman–Crippen MR) is 116 cm³/mol. The van der Waals surface area contributed by atoms with E-state index in [1.807, 2.05) is 0 Å². The van der Waals surface area contributed by atoms with Crippen LogP contribution in [0.5, 0.6) is 0 Å². The number of carbonyl (C=O) groups is 2. The highest BCUT2D eigenvalue weighted by atomic mass is 32.2. The Balaban J connectivity index is 1.42. The molecule has 8 nitrogen and oxygen atoms in total. The van der Waals surface area contributed by atoms with E-state index in [-0.39, 0.29) is 17.6 Å². The smallest absolute Gasteiger partial charge is 0.328 e. The molecule has 1 aromatic rings. The van der Waals surface area contributed by atoms with Gasteiger partial charge >= 0.3 is 5.97 Å². The lowest BCUT2D eigenvalue weighted by Crippen LogP contribution is -2.49. The molecule has 0 radical (unpaired) electrons. The molecule has 166 valence electrons. The molecule has 0 aromatic carbocycles. The van der Waals surface area contributed by atoms with Crippen molar-refractivity contribution >= 4 is 29.6 Å². The van der Waals surface area contributed by atoms with Gasteiger partial charge < -0.3 is 14.5 Å². The van der Waals surface area contributed by atoms with E-state index in [0.717, 1.165) is 55.8 Å². The molecule has 0 bridgehead atoms. The molecule has 4 rings (SSSR count). The van der Waals surface area contributed by atoms with Crippen LogP contribution in [0.1, 0.15) is 64.8 Å². The fourth-order valence-corrected chi connectivity index (χ4v) is 5.25. The van der Waals surface area contributed by atoms with Crippen LogP contribution in [0.4, 0.5) is 5.95 Å². The summed E-state index contributed by atoms with van der Waals surface area (Å²) in [5.41, 5.74) is 0. The summed E-state index contributed by atoms with van der Waals surface area (Å²) >= 11 is 1.45. The lowest BCUT2D eigenvalue weighted by atomic mass is 10.00. The first-order chi connectivity index (χ1) is 14.6. The molecule has 3 aliphatic rings. The number of anilines is 1. The number of amides is 1. The van der Waals surface area contributed by atoms with Gasteiger partial charge in [-0.3, -0.25) is 9.36 Å².